The van der Waals surface area contributed by atoms with Gasteiger partial charge in [0.1, 0.15) is 6.42 Å². The number of halogens is 3. The second-order valence-electron chi connectivity index (χ2n) is 4.10. The molecule has 0 aliphatic heterocycles. The average molecular weight is 235 g/mol. The predicted octanol–water partition coefficient (Wildman–Crippen LogP) is 1.45. The van der Waals surface area contributed by atoms with Crippen LogP contribution in [0.3, 0.4) is 0 Å². The summed E-state index contributed by atoms with van der Waals surface area (Å²) in [6.07, 6.45) is -2.96. The molecule has 4 nitrogen and oxygen atoms in total. The minimum atomic E-state index is -4.31. The van der Waals surface area contributed by atoms with Crippen LogP contribution in [0.4, 0.5) is 13.2 Å². The van der Waals surface area contributed by atoms with Crippen LogP contribution >= 0.6 is 0 Å². The van der Waals surface area contributed by atoms with Gasteiger partial charge in [-0.25, -0.2) is 0 Å². The van der Waals surface area contributed by atoms with Crippen molar-refractivity contribution in [2.45, 2.75) is 37.9 Å². The SMILES string of the molecule is NC(Cc1nc(CC(F)(F)F)no1)C1CC1. The number of hydrogen-bond acceptors (Lipinski definition) is 4. The van der Waals surface area contributed by atoms with Gasteiger partial charge in [0.25, 0.3) is 0 Å². The lowest BCUT2D eigenvalue weighted by molar-refractivity contribution is -0.128. The van der Waals surface area contributed by atoms with Crippen LogP contribution in [0.5, 0.6) is 0 Å². The van der Waals surface area contributed by atoms with E-state index in [4.69, 9.17) is 10.3 Å². The van der Waals surface area contributed by atoms with E-state index < -0.39 is 12.6 Å². The minimum absolute atomic E-state index is 0.0841. The smallest absolute Gasteiger partial charge is 0.339 e. The summed E-state index contributed by atoms with van der Waals surface area (Å²) in [4.78, 5) is 3.67. The van der Waals surface area contributed by atoms with Crippen LogP contribution in [0.15, 0.2) is 4.52 Å². The maximum Gasteiger partial charge on any atom is 0.396 e. The second kappa shape index (κ2) is 4.04. The van der Waals surface area contributed by atoms with E-state index in [1.165, 1.54) is 0 Å². The monoisotopic (exact) mass is 235 g/mol. The number of nitrogens with two attached hydrogens (primary N) is 1. The van der Waals surface area contributed by atoms with E-state index in [0.717, 1.165) is 12.8 Å². The van der Waals surface area contributed by atoms with Gasteiger partial charge in [-0.15, -0.1) is 0 Å². The Bertz CT molecular complexity index is 359. The van der Waals surface area contributed by atoms with Crippen molar-refractivity contribution in [3.63, 3.8) is 0 Å². The molecule has 1 saturated carbocycles. The van der Waals surface area contributed by atoms with Gasteiger partial charge in [-0.2, -0.15) is 18.2 Å². The van der Waals surface area contributed by atoms with Crippen molar-refractivity contribution in [1.29, 1.82) is 0 Å². The lowest BCUT2D eigenvalue weighted by Crippen LogP contribution is -2.25. The van der Waals surface area contributed by atoms with Crippen LogP contribution in [-0.4, -0.2) is 22.4 Å². The summed E-state index contributed by atoms with van der Waals surface area (Å²) >= 11 is 0. The van der Waals surface area contributed by atoms with Gasteiger partial charge in [-0.1, -0.05) is 5.16 Å². The molecular formula is C9H12F3N3O. The van der Waals surface area contributed by atoms with Crippen molar-refractivity contribution in [1.82, 2.24) is 10.1 Å². The Morgan fingerprint density at radius 2 is 2.12 bits per heavy atom. The maximum atomic E-state index is 12.0. The average Bonchev–Trinajstić information content (AvgIpc) is 2.89. The predicted molar refractivity (Wildman–Crippen MR) is 48.5 cm³/mol. The molecule has 0 radical (unpaired) electrons. The molecule has 90 valence electrons. The fourth-order valence-corrected chi connectivity index (χ4v) is 1.52. The summed E-state index contributed by atoms with van der Waals surface area (Å²) in [5, 5.41) is 3.27. The molecule has 1 heterocycles. The van der Waals surface area contributed by atoms with Crippen LogP contribution in [0.2, 0.25) is 0 Å². The van der Waals surface area contributed by atoms with E-state index in [-0.39, 0.29) is 17.8 Å². The zero-order valence-electron chi connectivity index (χ0n) is 8.50. The summed E-state index contributed by atoms with van der Waals surface area (Å²) in [5.41, 5.74) is 5.80. The molecule has 0 aromatic carbocycles. The van der Waals surface area contributed by atoms with Crippen LogP contribution in [0.25, 0.3) is 0 Å². The summed E-state index contributed by atoms with van der Waals surface area (Å²) in [6.45, 7) is 0. The zero-order chi connectivity index (χ0) is 11.8. The Hall–Kier alpha value is -1.11. The summed E-state index contributed by atoms with van der Waals surface area (Å²) in [6, 6.07) is -0.0841. The first-order valence-electron chi connectivity index (χ1n) is 5.08. The number of aromatic nitrogens is 2. The molecule has 1 unspecified atom stereocenters. The molecule has 1 aromatic rings. The molecule has 16 heavy (non-hydrogen) atoms. The summed E-state index contributed by atoms with van der Waals surface area (Å²) in [5.74, 6) is 0.321. The van der Waals surface area contributed by atoms with Gasteiger partial charge in [0, 0.05) is 12.5 Å². The first-order valence-corrected chi connectivity index (χ1v) is 5.08. The maximum absolute atomic E-state index is 12.0. The molecule has 1 fully saturated rings. The quantitative estimate of drug-likeness (QED) is 0.857. The van der Waals surface area contributed by atoms with Crippen molar-refractivity contribution in [2.75, 3.05) is 0 Å². The molecule has 1 aliphatic rings. The summed E-state index contributed by atoms with van der Waals surface area (Å²) in [7, 11) is 0. The van der Waals surface area contributed by atoms with Gasteiger partial charge in [0.2, 0.25) is 5.89 Å². The fourth-order valence-electron chi connectivity index (χ4n) is 1.52. The Morgan fingerprint density at radius 3 is 2.69 bits per heavy atom. The molecule has 0 saturated heterocycles. The van der Waals surface area contributed by atoms with E-state index in [1.807, 2.05) is 0 Å². The Balaban J connectivity index is 1.91. The standard InChI is InChI=1S/C9H12F3N3O/c10-9(11,12)4-7-14-8(16-15-7)3-6(13)5-1-2-5/h5-6H,1-4,13H2. The van der Waals surface area contributed by atoms with Gasteiger partial charge >= 0.3 is 6.18 Å². The van der Waals surface area contributed by atoms with Gasteiger partial charge in [-0.3, -0.25) is 0 Å². The van der Waals surface area contributed by atoms with Crippen molar-refractivity contribution in [3.05, 3.63) is 11.7 Å². The van der Waals surface area contributed by atoms with Gasteiger partial charge in [-0.05, 0) is 18.8 Å². The number of rotatable bonds is 4. The van der Waals surface area contributed by atoms with Crippen molar-refractivity contribution in [3.8, 4) is 0 Å². The van der Waals surface area contributed by atoms with E-state index in [2.05, 4.69) is 10.1 Å². The van der Waals surface area contributed by atoms with E-state index >= 15 is 0 Å². The largest absolute Gasteiger partial charge is 0.396 e. The molecule has 2 rings (SSSR count). The third kappa shape index (κ3) is 3.19. The molecule has 1 atom stereocenters. The van der Waals surface area contributed by atoms with Gasteiger partial charge in [0.15, 0.2) is 5.82 Å². The fraction of sp³-hybridized carbons (Fsp3) is 0.778. The molecular weight excluding hydrogens is 223 g/mol. The first kappa shape index (κ1) is 11.4. The number of hydrogen-bond donors (Lipinski definition) is 1. The van der Waals surface area contributed by atoms with Crippen molar-refractivity contribution in [2.24, 2.45) is 11.7 Å². The van der Waals surface area contributed by atoms with Gasteiger partial charge in [0.05, 0.1) is 0 Å². The molecule has 7 heteroatoms. The normalized spacial score (nSPS) is 18.8. The lowest BCUT2D eigenvalue weighted by Gasteiger charge is -2.04. The molecule has 0 amide bonds. The summed E-state index contributed by atoms with van der Waals surface area (Å²) < 4.78 is 40.7. The Labute approximate surface area is 90.0 Å². The number of alkyl halides is 3. The highest BCUT2D eigenvalue weighted by molar-refractivity contribution is 4.94. The third-order valence-electron chi connectivity index (χ3n) is 2.51. The highest BCUT2D eigenvalue weighted by Crippen LogP contribution is 2.32. The molecule has 2 N–H and O–H groups in total. The Morgan fingerprint density at radius 1 is 1.44 bits per heavy atom. The third-order valence-corrected chi connectivity index (χ3v) is 2.51. The highest BCUT2D eigenvalue weighted by Gasteiger charge is 2.32. The zero-order valence-corrected chi connectivity index (χ0v) is 8.50. The van der Waals surface area contributed by atoms with Crippen LogP contribution < -0.4 is 5.73 Å². The highest BCUT2D eigenvalue weighted by atomic mass is 19.4. The molecule has 0 bridgehead atoms. The number of nitrogens with zero attached hydrogens (tertiary/aromatic N) is 2. The van der Waals surface area contributed by atoms with Crippen molar-refractivity contribution >= 4 is 0 Å². The lowest BCUT2D eigenvalue weighted by atomic mass is 10.1. The van der Waals surface area contributed by atoms with E-state index in [0.29, 0.717) is 12.3 Å². The second-order valence-corrected chi connectivity index (χ2v) is 4.10. The van der Waals surface area contributed by atoms with Crippen LogP contribution in [0, 0.1) is 5.92 Å². The topological polar surface area (TPSA) is 64.9 Å². The van der Waals surface area contributed by atoms with Gasteiger partial charge < -0.3 is 10.3 Å². The Kier molecular flexibility index (Phi) is 2.88. The molecule has 0 spiro atoms. The molecule has 1 aliphatic carbocycles. The van der Waals surface area contributed by atoms with E-state index in [9.17, 15) is 13.2 Å². The van der Waals surface area contributed by atoms with Crippen LogP contribution in [0.1, 0.15) is 24.6 Å². The first-order chi connectivity index (χ1) is 7.44. The van der Waals surface area contributed by atoms with Crippen molar-refractivity contribution < 1.29 is 17.7 Å². The minimum Gasteiger partial charge on any atom is -0.339 e. The van der Waals surface area contributed by atoms with E-state index in [1.54, 1.807) is 0 Å². The van der Waals surface area contributed by atoms with Crippen LogP contribution in [-0.2, 0) is 12.8 Å². The molecule has 1 aromatic heterocycles.